The summed E-state index contributed by atoms with van der Waals surface area (Å²) in [7, 11) is 1.94. The molecule has 5 heteroatoms. The fraction of sp³-hybridized carbons (Fsp3) is 0.273. The molecule has 0 spiro atoms. The van der Waals surface area contributed by atoms with Crippen molar-refractivity contribution in [3.63, 3.8) is 0 Å². The summed E-state index contributed by atoms with van der Waals surface area (Å²) in [5.41, 5.74) is 0. The molecule has 16 heavy (non-hydrogen) atoms. The molecule has 0 radical (unpaired) electrons. The molecule has 0 amide bonds. The predicted molar refractivity (Wildman–Crippen MR) is 73.5 cm³/mol. The minimum absolute atomic E-state index is 0.105. The van der Waals surface area contributed by atoms with Crippen LogP contribution in [0.2, 0.25) is 0 Å². The molecule has 2 aromatic heterocycles. The highest BCUT2D eigenvalue weighted by Crippen LogP contribution is 2.03. The smallest absolute Gasteiger partial charge is 0.382 e. The highest BCUT2D eigenvalue weighted by Gasteiger charge is 2.23. The average molecular weight is 251 g/mol. The second kappa shape index (κ2) is 6.20. The molecule has 0 unspecified atom stereocenters. The average Bonchev–Trinajstić information content (AvgIpc) is 2.97. The standard InChI is InChI=1S/C11H14BNOS2/c1-13-6-7-14-12(10-4-2-8-15-10)11-5-3-9-16-11/h2-5,8-9,13H,6-7H2,1H3. The van der Waals surface area contributed by atoms with Crippen molar-refractivity contribution in [3.8, 4) is 0 Å². The molecule has 0 bridgehead atoms. The van der Waals surface area contributed by atoms with Crippen LogP contribution >= 0.6 is 22.7 Å². The van der Waals surface area contributed by atoms with Gasteiger partial charge in [-0.1, -0.05) is 24.3 Å². The molecule has 0 aromatic carbocycles. The van der Waals surface area contributed by atoms with Crippen LogP contribution < -0.4 is 14.9 Å². The number of nitrogens with one attached hydrogen (secondary N) is 1. The van der Waals surface area contributed by atoms with E-state index in [2.05, 4.69) is 40.3 Å². The van der Waals surface area contributed by atoms with E-state index in [1.165, 1.54) is 9.55 Å². The van der Waals surface area contributed by atoms with Crippen LogP contribution in [-0.2, 0) is 4.65 Å². The monoisotopic (exact) mass is 251 g/mol. The third kappa shape index (κ3) is 2.95. The summed E-state index contributed by atoms with van der Waals surface area (Å²) < 4.78 is 8.48. The first-order valence-electron chi connectivity index (χ1n) is 5.25. The Morgan fingerprint density at radius 3 is 2.25 bits per heavy atom. The molecule has 2 aromatic rings. The summed E-state index contributed by atoms with van der Waals surface area (Å²) in [5, 5.41) is 7.28. The second-order valence-electron chi connectivity index (χ2n) is 3.39. The fourth-order valence-electron chi connectivity index (χ4n) is 1.46. The highest BCUT2D eigenvalue weighted by atomic mass is 32.1. The lowest BCUT2D eigenvalue weighted by Crippen LogP contribution is -2.43. The number of hydrogen-bond acceptors (Lipinski definition) is 4. The maximum absolute atomic E-state index is 5.93. The van der Waals surface area contributed by atoms with Gasteiger partial charge in [0.2, 0.25) is 0 Å². The molecule has 2 nitrogen and oxygen atoms in total. The predicted octanol–water partition coefficient (Wildman–Crippen LogP) is 1.15. The van der Waals surface area contributed by atoms with E-state index in [9.17, 15) is 0 Å². The molecule has 0 aliphatic carbocycles. The van der Waals surface area contributed by atoms with E-state index in [-0.39, 0.29) is 6.92 Å². The maximum Gasteiger partial charge on any atom is 0.382 e. The van der Waals surface area contributed by atoms with E-state index in [0.29, 0.717) is 0 Å². The molecule has 0 aliphatic rings. The molecule has 2 heterocycles. The van der Waals surface area contributed by atoms with Crippen LogP contribution in [0.4, 0.5) is 0 Å². The van der Waals surface area contributed by atoms with Crippen molar-refractivity contribution in [1.29, 1.82) is 0 Å². The zero-order valence-electron chi connectivity index (χ0n) is 9.18. The van der Waals surface area contributed by atoms with Gasteiger partial charge in [0.05, 0.1) is 0 Å². The molecule has 84 valence electrons. The summed E-state index contributed by atoms with van der Waals surface area (Å²) in [5.74, 6) is 0. The molecule has 0 fully saturated rings. The van der Waals surface area contributed by atoms with Crippen LogP contribution in [0.5, 0.6) is 0 Å². The van der Waals surface area contributed by atoms with E-state index in [1.807, 2.05) is 7.05 Å². The summed E-state index contributed by atoms with van der Waals surface area (Å²) in [6, 6.07) is 8.41. The molecule has 0 atom stereocenters. The summed E-state index contributed by atoms with van der Waals surface area (Å²) >= 11 is 3.50. The van der Waals surface area contributed by atoms with Crippen LogP contribution in [0, 0.1) is 0 Å². The van der Waals surface area contributed by atoms with E-state index in [0.717, 1.165) is 13.2 Å². The minimum Gasteiger partial charge on any atom is -0.425 e. The zero-order valence-corrected chi connectivity index (χ0v) is 10.8. The summed E-state index contributed by atoms with van der Waals surface area (Å²) in [4.78, 5) is 0. The molecule has 2 rings (SSSR count). The lowest BCUT2D eigenvalue weighted by atomic mass is 9.65. The molecular weight excluding hydrogens is 237 g/mol. The first-order valence-corrected chi connectivity index (χ1v) is 7.00. The van der Waals surface area contributed by atoms with Gasteiger partial charge in [-0.25, -0.2) is 0 Å². The molecule has 1 N–H and O–H groups in total. The second-order valence-corrected chi connectivity index (χ2v) is 5.34. The van der Waals surface area contributed by atoms with Gasteiger partial charge >= 0.3 is 6.92 Å². The van der Waals surface area contributed by atoms with Crippen molar-refractivity contribution in [1.82, 2.24) is 5.32 Å². The largest absolute Gasteiger partial charge is 0.425 e. The van der Waals surface area contributed by atoms with Crippen molar-refractivity contribution < 1.29 is 4.65 Å². The number of rotatable bonds is 6. The first-order chi connectivity index (χ1) is 7.92. The van der Waals surface area contributed by atoms with Crippen molar-refractivity contribution >= 4 is 39.1 Å². The normalized spacial score (nSPS) is 10.6. The minimum atomic E-state index is 0.105. The fourth-order valence-corrected chi connectivity index (χ4v) is 3.12. The molecular formula is C11H14BNOS2. The maximum atomic E-state index is 5.93. The highest BCUT2D eigenvalue weighted by molar-refractivity contribution is 7.29. The summed E-state index contributed by atoms with van der Waals surface area (Å²) in [6.45, 7) is 1.72. The van der Waals surface area contributed by atoms with Crippen LogP contribution in [0.15, 0.2) is 35.0 Å². The third-order valence-electron chi connectivity index (χ3n) is 2.24. The summed E-state index contributed by atoms with van der Waals surface area (Å²) in [6.07, 6.45) is 0. The number of likely N-dealkylation sites (N-methyl/N-ethyl adjacent to an activating group) is 1. The van der Waals surface area contributed by atoms with Crippen molar-refractivity contribution in [2.24, 2.45) is 0 Å². The number of thiophene rings is 2. The third-order valence-corrected chi connectivity index (χ3v) is 4.07. The van der Waals surface area contributed by atoms with Crippen LogP contribution in [0.1, 0.15) is 0 Å². The van der Waals surface area contributed by atoms with Gasteiger partial charge in [0.1, 0.15) is 0 Å². The molecule has 0 saturated heterocycles. The van der Waals surface area contributed by atoms with Gasteiger partial charge in [-0.05, 0) is 17.8 Å². The number of hydrogen-bond donors (Lipinski definition) is 1. The van der Waals surface area contributed by atoms with Crippen LogP contribution in [0.25, 0.3) is 0 Å². The lowest BCUT2D eigenvalue weighted by Gasteiger charge is -2.11. The Morgan fingerprint density at radius 1 is 1.19 bits per heavy atom. The molecule has 0 aliphatic heterocycles. The SMILES string of the molecule is CNCCOB(c1cccs1)c1cccs1. The van der Waals surface area contributed by atoms with Gasteiger partial charge in [0.25, 0.3) is 0 Å². The van der Waals surface area contributed by atoms with Gasteiger partial charge in [-0.3, -0.25) is 0 Å². The Hall–Kier alpha value is -0.615. The molecule has 0 saturated carbocycles. The van der Waals surface area contributed by atoms with Crippen molar-refractivity contribution in [3.05, 3.63) is 35.0 Å². The van der Waals surface area contributed by atoms with Crippen molar-refractivity contribution in [2.45, 2.75) is 0 Å². The Kier molecular flexibility index (Phi) is 4.60. The van der Waals surface area contributed by atoms with Gasteiger partial charge in [0.15, 0.2) is 0 Å². The Labute approximate surface area is 104 Å². The first kappa shape index (κ1) is 11.9. The topological polar surface area (TPSA) is 21.3 Å². The van der Waals surface area contributed by atoms with Gasteiger partial charge in [-0.15, -0.1) is 0 Å². The van der Waals surface area contributed by atoms with Crippen LogP contribution in [-0.4, -0.2) is 27.1 Å². The van der Waals surface area contributed by atoms with Crippen molar-refractivity contribution in [2.75, 3.05) is 20.2 Å². The van der Waals surface area contributed by atoms with Crippen LogP contribution in [0.3, 0.4) is 0 Å². The van der Waals surface area contributed by atoms with E-state index in [1.54, 1.807) is 22.7 Å². The lowest BCUT2D eigenvalue weighted by molar-refractivity contribution is 0.334. The Morgan fingerprint density at radius 2 is 1.81 bits per heavy atom. The van der Waals surface area contributed by atoms with E-state index < -0.39 is 0 Å². The Bertz CT molecular complexity index is 354. The van der Waals surface area contributed by atoms with Gasteiger partial charge in [0, 0.05) is 22.7 Å². The van der Waals surface area contributed by atoms with E-state index in [4.69, 9.17) is 4.65 Å². The quantitative estimate of drug-likeness (QED) is 0.614. The van der Waals surface area contributed by atoms with Gasteiger partial charge < -0.3 is 9.97 Å². The zero-order chi connectivity index (χ0) is 11.2. The van der Waals surface area contributed by atoms with Gasteiger partial charge in [-0.2, -0.15) is 22.7 Å². The Balaban J connectivity index is 2.08. The van der Waals surface area contributed by atoms with E-state index >= 15 is 0 Å².